The van der Waals surface area contributed by atoms with Crippen molar-refractivity contribution in [1.29, 1.82) is 0 Å². The summed E-state index contributed by atoms with van der Waals surface area (Å²) >= 11 is 0. The SMILES string of the molecule is NCc1ccccc1N1CCCC(CO)C1. The molecule has 16 heavy (non-hydrogen) atoms. The van der Waals surface area contributed by atoms with Crippen LogP contribution < -0.4 is 10.6 Å². The Bertz CT molecular complexity index is 340. The third-order valence-corrected chi connectivity index (χ3v) is 3.33. The number of aliphatic hydroxyl groups excluding tert-OH is 1. The molecule has 1 aliphatic rings. The Morgan fingerprint density at radius 3 is 2.94 bits per heavy atom. The van der Waals surface area contributed by atoms with Crippen molar-refractivity contribution in [3.8, 4) is 0 Å². The zero-order valence-corrected chi connectivity index (χ0v) is 9.60. The highest BCUT2D eigenvalue weighted by Crippen LogP contribution is 2.25. The number of nitrogens with zero attached hydrogens (tertiary/aromatic N) is 1. The van der Waals surface area contributed by atoms with Crippen molar-refractivity contribution in [3.63, 3.8) is 0 Å². The van der Waals surface area contributed by atoms with Crippen LogP contribution >= 0.6 is 0 Å². The minimum absolute atomic E-state index is 0.293. The highest BCUT2D eigenvalue weighted by atomic mass is 16.3. The lowest BCUT2D eigenvalue weighted by molar-refractivity contribution is 0.208. The molecule has 1 fully saturated rings. The summed E-state index contributed by atoms with van der Waals surface area (Å²) in [5, 5.41) is 9.23. The molecule has 1 unspecified atom stereocenters. The third kappa shape index (κ3) is 2.36. The molecule has 0 amide bonds. The monoisotopic (exact) mass is 220 g/mol. The molecular formula is C13H20N2O. The fourth-order valence-corrected chi connectivity index (χ4v) is 2.42. The number of aliphatic hydroxyl groups is 1. The summed E-state index contributed by atoms with van der Waals surface area (Å²) in [5.74, 6) is 0.416. The van der Waals surface area contributed by atoms with Gasteiger partial charge in [0.1, 0.15) is 0 Å². The van der Waals surface area contributed by atoms with Gasteiger partial charge in [0.25, 0.3) is 0 Å². The van der Waals surface area contributed by atoms with Crippen LogP contribution in [-0.2, 0) is 6.54 Å². The molecule has 0 spiro atoms. The van der Waals surface area contributed by atoms with Crippen LogP contribution in [0.15, 0.2) is 24.3 Å². The first-order valence-corrected chi connectivity index (χ1v) is 5.99. The van der Waals surface area contributed by atoms with E-state index in [4.69, 9.17) is 5.73 Å². The van der Waals surface area contributed by atoms with E-state index in [1.165, 1.54) is 11.3 Å². The summed E-state index contributed by atoms with van der Waals surface area (Å²) in [4.78, 5) is 2.35. The van der Waals surface area contributed by atoms with Gasteiger partial charge in [-0.05, 0) is 30.4 Å². The first-order valence-electron chi connectivity index (χ1n) is 5.99. The van der Waals surface area contributed by atoms with Crippen molar-refractivity contribution in [2.24, 2.45) is 11.7 Å². The first-order chi connectivity index (χ1) is 7.85. The van der Waals surface area contributed by atoms with E-state index in [9.17, 15) is 5.11 Å². The van der Waals surface area contributed by atoms with E-state index in [1.807, 2.05) is 6.07 Å². The maximum Gasteiger partial charge on any atom is 0.0476 e. The molecule has 3 nitrogen and oxygen atoms in total. The molecule has 0 aliphatic carbocycles. The van der Waals surface area contributed by atoms with Gasteiger partial charge in [0.2, 0.25) is 0 Å². The van der Waals surface area contributed by atoms with Crippen molar-refractivity contribution in [2.45, 2.75) is 19.4 Å². The van der Waals surface area contributed by atoms with Gasteiger partial charge in [-0.15, -0.1) is 0 Å². The van der Waals surface area contributed by atoms with E-state index in [0.717, 1.165) is 25.9 Å². The molecule has 1 saturated heterocycles. The Balaban J connectivity index is 2.16. The maximum atomic E-state index is 9.23. The molecule has 3 heteroatoms. The summed E-state index contributed by atoms with van der Waals surface area (Å²) in [5.41, 5.74) is 8.18. The van der Waals surface area contributed by atoms with Gasteiger partial charge < -0.3 is 15.7 Å². The van der Waals surface area contributed by atoms with Crippen molar-refractivity contribution in [3.05, 3.63) is 29.8 Å². The molecule has 1 aromatic rings. The third-order valence-electron chi connectivity index (χ3n) is 3.33. The van der Waals surface area contributed by atoms with Gasteiger partial charge in [0, 0.05) is 31.9 Å². The van der Waals surface area contributed by atoms with Gasteiger partial charge in [-0.2, -0.15) is 0 Å². The number of piperidine rings is 1. The van der Waals surface area contributed by atoms with Crippen LogP contribution in [-0.4, -0.2) is 24.8 Å². The smallest absolute Gasteiger partial charge is 0.0476 e. The van der Waals surface area contributed by atoms with Crippen LogP contribution in [0.4, 0.5) is 5.69 Å². The average molecular weight is 220 g/mol. The van der Waals surface area contributed by atoms with Crippen molar-refractivity contribution in [2.75, 3.05) is 24.6 Å². The Morgan fingerprint density at radius 2 is 2.19 bits per heavy atom. The molecule has 88 valence electrons. The Labute approximate surface area is 96.9 Å². The molecular weight excluding hydrogens is 200 g/mol. The van der Waals surface area contributed by atoms with E-state index in [0.29, 0.717) is 19.1 Å². The lowest BCUT2D eigenvalue weighted by atomic mass is 9.98. The fourth-order valence-electron chi connectivity index (χ4n) is 2.42. The summed E-state index contributed by atoms with van der Waals surface area (Å²) < 4.78 is 0. The molecule has 1 aliphatic heterocycles. The van der Waals surface area contributed by atoms with Crippen LogP contribution in [0.5, 0.6) is 0 Å². The first kappa shape index (κ1) is 11.4. The van der Waals surface area contributed by atoms with Crippen LogP contribution in [0.25, 0.3) is 0 Å². The van der Waals surface area contributed by atoms with Gasteiger partial charge in [0.15, 0.2) is 0 Å². The number of anilines is 1. The maximum absolute atomic E-state index is 9.23. The molecule has 3 N–H and O–H groups in total. The highest BCUT2D eigenvalue weighted by Gasteiger charge is 2.20. The molecule has 1 atom stereocenters. The minimum atomic E-state index is 0.293. The second-order valence-electron chi connectivity index (χ2n) is 4.47. The van der Waals surface area contributed by atoms with E-state index in [-0.39, 0.29) is 0 Å². The Morgan fingerprint density at radius 1 is 1.38 bits per heavy atom. The number of benzene rings is 1. The topological polar surface area (TPSA) is 49.5 Å². The molecule has 1 aromatic carbocycles. The van der Waals surface area contributed by atoms with Gasteiger partial charge in [-0.25, -0.2) is 0 Å². The lowest BCUT2D eigenvalue weighted by Crippen LogP contribution is -2.37. The minimum Gasteiger partial charge on any atom is -0.396 e. The second-order valence-corrected chi connectivity index (χ2v) is 4.47. The van der Waals surface area contributed by atoms with Gasteiger partial charge in [0.05, 0.1) is 0 Å². The van der Waals surface area contributed by atoms with Crippen molar-refractivity contribution >= 4 is 5.69 Å². The van der Waals surface area contributed by atoms with E-state index < -0.39 is 0 Å². The average Bonchev–Trinajstić information content (AvgIpc) is 2.38. The number of rotatable bonds is 3. The molecule has 0 aromatic heterocycles. The molecule has 1 heterocycles. The number of hydrogen-bond donors (Lipinski definition) is 2. The standard InChI is InChI=1S/C13H20N2O/c14-8-12-5-1-2-6-13(12)15-7-3-4-11(9-15)10-16/h1-2,5-6,11,16H,3-4,7-10,14H2. The molecule has 2 rings (SSSR count). The Hall–Kier alpha value is -1.06. The zero-order valence-electron chi connectivity index (χ0n) is 9.60. The number of hydrogen-bond acceptors (Lipinski definition) is 3. The molecule has 0 saturated carbocycles. The van der Waals surface area contributed by atoms with E-state index >= 15 is 0 Å². The van der Waals surface area contributed by atoms with Crippen molar-refractivity contribution in [1.82, 2.24) is 0 Å². The summed E-state index contributed by atoms with van der Waals surface area (Å²) in [6.07, 6.45) is 2.29. The van der Waals surface area contributed by atoms with Crippen molar-refractivity contribution < 1.29 is 5.11 Å². The summed E-state index contributed by atoms with van der Waals surface area (Å²) in [6.45, 7) is 2.90. The fraction of sp³-hybridized carbons (Fsp3) is 0.538. The molecule has 0 bridgehead atoms. The van der Waals surface area contributed by atoms with Gasteiger partial charge in [-0.1, -0.05) is 18.2 Å². The summed E-state index contributed by atoms with van der Waals surface area (Å²) in [7, 11) is 0. The number of nitrogens with two attached hydrogens (primary N) is 1. The lowest BCUT2D eigenvalue weighted by Gasteiger charge is -2.34. The normalized spacial score (nSPS) is 21.1. The molecule has 0 radical (unpaired) electrons. The quantitative estimate of drug-likeness (QED) is 0.808. The Kier molecular flexibility index (Phi) is 3.80. The highest BCUT2D eigenvalue weighted by molar-refractivity contribution is 5.53. The van der Waals surface area contributed by atoms with Crippen LogP contribution in [0, 0.1) is 5.92 Å². The predicted molar refractivity (Wildman–Crippen MR) is 66.4 cm³/mol. The van der Waals surface area contributed by atoms with E-state index in [1.54, 1.807) is 0 Å². The predicted octanol–water partition coefficient (Wildman–Crippen LogP) is 1.35. The van der Waals surface area contributed by atoms with E-state index in [2.05, 4.69) is 23.1 Å². The summed E-state index contributed by atoms with van der Waals surface area (Å²) in [6, 6.07) is 8.29. The van der Waals surface area contributed by atoms with Crippen LogP contribution in [0.1, 0.15) is 18.4 Å². The number of para-hydroxylation sites is 1. The van der Waals surface area contributed by atoms with Gasteiger partial charge >= 0.3 is 0 Å². The zero-order chi connectivity index (χ0) is 11.4. The van der Waals surface area contributed by atoms with Crippen LogP contribution in [0.3, 0.4) is 0 Å². The van der Waals surface area contributed by atoms with Gasteiger partial charge in [-0.3, -0.25) is 0 Å². The second kappa shape index (κ2) is 5.32. The largest absolute Gasteiger partial charge is 0.396 e. The van der Waals surface area contributed by atoms with Crippen LogP contribution in [0.2, 0.25) is 0 Å².